The van der Waals surface area contributed by atoms with Crippen molar-refractivity contribution in [1.82, 2.24) is 4.98 Å². The van der Waals surface area contributed by atoms with E-state index in [0.717, 1.165) is 5.82 Å². The Balaban J connectivity index is 1.76. The summed E-state index contributed by atoms with van der Waals surface area (Å²) < 4.78 is 8.65. The third-order valence-corrected chi connectivity index (χ3v) is 19.3. The van der Waals surface area contributed by atoms with Gasteiger partial charge < -0.3 is 8.65 Å². The van der Waals surface area contributed by atoms with Crippen molar-refractivity contribution in [3.8, 4) is 0 Å². The zero-order valence-electron chi connectivity index (χ0n) is 24.3. The first-order valence-corrected chi connectivity index (χ1v) is 18.8. The van der Waals surface area contributed by atoms with Crippen LogP contribution in [0.15, 0.2) is 199 Å². The van der Waals surface area contributed by atoms with E-state index in [1.165, 1.54) is 31.1 Å². The number of aromatic nitrogens is 1. The number of oxazole rings is 1. The molecule has 212 valence electrons. The average Bonchev–Trinajstić information content (AvgIpc) is 3.66. The van der Waals surface area contributed by atoms with Crippen molar-refractivity contribution in [3.63, 3.8) is 0 Å². The summed E-state index contributed by atoms with van der Waals surface area (Å²) >= 11 is 0. The standard InChI is InChI=1S/C39H32N2OSi2/c1-7-19-33(20-8-1)43(34-21-9-2-10-22-34,35-23-11-3-12-24-35)41(39-31-42-32-40-39)44(36-25-13-4-14-26-36,37-27-15-5-16-28-37)38-29-17-6-18-30-38/h1-32H. The second-order valence-electron chi connectivity index (χ2n) is 10.8. The lowest BCUT2D eigenvalue weighted by Crippen LogP contribution is -2.91. The molecule has 0 N–H and O–H groups in total. The Bertz CT molecular complexity index is 1570. The van der Waals surface area contributed by atoms with Gasteiger partial charge in [-0.2, -0.15) is 0 Å². The molecule has 0 fully saturated rings. The normalized spacial score (nSPS) is 11.6. The molecule has 0 aliphatic heterocycles. The van der Waals surface area contributed by atoms with Crippen LogP contribution in [-0.2, 0) is 0 Å². The molecule has 1 aromatic heterocycles. The molecule has 0 spiro atoms. The van der Waals surface area contributed by atoms with Crippen molar-refractivity contribution in [3.05, 3.63) is 195 Å². The molecule has 0 aliphatic rings. The van der Waals surface area contributed by atoms with Crippen molar-refractivity contribution >= 4 is 53.4 Å². The van der Waals surface area contributed by atoms with Crippen LogP contribution in [0.4, 0.5) is 5.82 Å². The number of rotatable bonds is 9. The summed E-state index contributed by atoms with van der Waals surface area (Å²) in [5, 5.41) is 7.67. The molecule has 0 saturated heterocycles. The number of benzene rings is 6. The first kappa shape index (κ1) is 27.6. The van der Waals surface area contributed by atoms with Gasteiger partial charge in [0.1, 0.15) is 6.26 Å². The van der Waals surface area contributed by atoms with Crippen molar-refractivity contribution in [2.24, 2.45) is 0 Å². The second kappa shape index (κ2) is 12.2. The fourth-order valence-corrected chi connectivity index (χ4v) is 19.6. The van der Waals surface area contributed by atoms with Crippen LogP contribution < -0.4 is 35.4 Å². The zero-order chi connectivity index (χ0) is 29.7. The van der Waals surface area contributed by atoms with Crippen LogP contribution in [-0.4, -0.2) is 21.5 Å². The van der Waals surface area contributed by atoms with E-state index in [-0.39, 0.29) is 0 Å². The predicted molar refractivity (Wildman–Crippen MR) is 187 cm³/mol. The molecule has 0 atom stereocenters. The summed E-state index contributed by atoms with van der Waals surface area (Å²) in [4.78, 5) is 5.03. The van der Waals surface area contributed by atoms with E-state index in [2.05, 4.69) is 186 Å². The summed E-state index contributed by atoms with van der Waals surface area (Å²) in [5.41, 5.74) is 0. The van der Waals surface area contributed by atoms with Gasteiger partial charge >= 0.3 is 0 Å². The lowest BCUT2D eigenvalue weighted by atomic mass is 10.3. The van der Waals surface area contributed by atoms with E-state index < -0.39 is 16.5 Å². The van der Waals surface area contributed by atoms with Crippen LogP contribution in [0.5, 0.6) is 0 Å². The van der Waals surface area contributed by atoms with Gasteiger partial charge in [-0.25, -0.2) is 4.98 Å². The summed E-state index contributed by atoms with van der Waals surface area (Å²) in [7, 11) is -6.34. The van der Waals surface area contributed by atoms with Gasteiger partial charge in [0.25, 0.3) is 0 Å². The molecule has 0 unspecified atom stereocenters. The lowest BCUT2D eigenvalue weighted by Gasteiger charge is -2.54. The van der Waals surface area contributed by atoms with Crippen LogP contribution in [0.1, 0.15) is 0 Å². The maximum Gasteiger partial charge on any atom is 0.247 e. The first-order valence-electron chi connectivity index (χ1n) is 14.9. The molecular formula is C39H32N2OSi2. The minimum absolute atomic E-state index is 0.830. The Kier molecular flexibility index (Phi) is 7.63. The van der Waals surface area contributed by atoms with Crippen molar-refractivity contribution in [1.29, 1.82) is 0 Å². The molecule has 0 amide bonds. The fourth-order valence-electron chi connectivity index (χ4n) is 6.76. The predicted octanol–water partition coefficient (Wildman–Crippen LogP) is 4.82. The molecule has 0 bridgehead atoms. The van der Waals surface area contributed by atoms with Gasteiger partial charge in [0.2, 0.25) is 16.5 Å². The molecular weight excluding hydrogens is 569 g/mol. The topological polar surface area (TPSA) is 29.3 Å². The molecule has 5 heteroatoms. The van der Waals surface area contributed by atoms with Gasteiger partial charge in [-0.05, 0) is 31.1 Å². The Labute approximate surface area is 260 Å². The first-order chi connectivity index (χ1) is 21.9. The number of anilines is 1. The Hall–Kier alpha value is -5.24. The van der Waals surface area contributed by atoms with E-state index in [1.54, 1.807) is 6.39 Å². The maximum atomic E-state index is 5.89. The van der Waals surface area contributed by atoms with Crippen LogP contribution in [0, 0.1) is 0 Å². The van der Waals surface area contributed by atoms with Crippen molar-refractivity contribution in [2.75, 3.05) is 4.23 Å². The highest BCUT2D eigenvalue weighted by Crippen LogP contribution is 2.28. The Morgan fingerprint density at radius 1 is 0.364 bits per heavy atom. The monoisotopic (exact) mass is 600 g/mol. The summed E-state index contributed by atoms with van der Waals surface area (Å²) in [6.07, 6.45) is 3.41. The molecule has 0 radical (unpaired) electrons. The van der Waals surface area contributed by atoms with Crippen LogP contribution >= 0.6 is 0 Å². The Morgan fingerprint density at radius 3 is 0.818 bits per heavy atom. The van der Waals surface area contributed by atoms with E-state index in [0.29, 0.717) is 0 Å². The quantitative estimate of drug-likeness (QED) is 0.176. The number of nitrogens with zero attached hydrogens (tertiary/aromatic N) is 2. The highest BCUT2D eigenvalue weighted by molar-refractivity contribution is 7.29. The van der Waals surface area contributed by atoms with Gasteiger partial charge in [0.05, 0.1) is 0 Å². The van der Waals surface area contributed by atoms with Gasteiger partial charge in [-0.15, -0.1) is 0 Å². The summed E-state index contributed by atoms with van der Waals surface area (Å²) in [6, 6.07) is 66.3. The van der Waals surface area contributed by atoms with Gasteiger partial charge in [-0.1, -0.05) is 182 Å². The molecule has 7 rings (SSSR count). The van der Waals surface area contributed by atoms with E-state index in [1.807, 2.05) is 6.26 Å². The second-order valence-corrected chi connectivity index (χ2v) is 18.4. The van der Waals surface area contributed by atoms with Gasteiger partial charge in [0.15, 0.2) is 12.2 Å². The molecule has 6 aromatic carbocycles. The highest BCUT2D eigenvalue weighted by Gasteiger charge is 2.58. The van der Waals surface area contributed by atoms with E-state index in [9.17, 15) is 0 Å². The third kappa shape index (κ3) is 4.54. The lowest BCUT2D eigenvalue weighted by molar-refractivity contribution is 0.558. The van der Waals surface area contributed by atoms with Crippen molar-refractivity contribution < 1.29 is 4.42 Å². The highest BCUT2D eigenvalue weighted by atomic mass is 28.4. The van der Waals surface area contributed by atoms with E-state index in [4.69, 9.17) is 9.40 Å². The molecule has 7 aromatic rings. The minimum Gasteiger partial charge on any atom is -0.450 e. The smallest absolute Gasteiger partial charge is 0.247 e. The van der Waals surface area contributed by atoms with E-state index >= 15 is 0 Å². The van der Waals surface area contributed by atoms with Gasteiger partial charge in [0, 0.05) is 0 Å². The molecule has 0 saturated carbocycles. The fraction of sp³-hybridized carbons (Fsp3) is 0. The maximum absolute atomic E-state index is 5.89. The van der Waals surface area contributed by atoms with Gasteiger partial charge in [-0.3, -0.25) is 0 Å². The zero-order valence-corrected chi connectivity index (χ0v) is 26.3. The largest absolute Gasteiger partial charge is 0.450 e. The van der Waals surface area contributed by atoms with Crippen LogP contribution in [0.2, 0.25) is 0 Å². The van der Waals surface area contributed by atoms with Crippen molar-refractivity contribution in [2.45, 2.75) is 0 Å². The molecule has 1 heterocycles. The third-order valence-electron chi connectivity index (χ3n) is 8.47. The van der Waals surface area contributed by atoms with Crippen LogP contribution in [0.3, 0.4) is 0 Å². The summed E-state index contributed by atoms with van der Waals surface area (Å²) in [5.74, 6) is 0.830. The molecule has 0 aliphatic carbocycles. The number of hydrogen-bond acceptors (Lipinski definition) is 3. The number of hydrogen-bond donors (Lipinski definition) is 0. The summed E-state index contributed by atoms with van der Waals surface area (Å²) in [6.45, 7) is 0. The average molecular weight is 601 g/mol. The minimum atomic E-state index is -3.17. The Morgan fingerprint density at radius 2 is 0.614 bits per heavy atom. The molecule has 3 nitrogen and oxygen atoms in total. The molecule has 44 heavy (non-hydrogen) atoms. The van der Waals surface area contributed by atoms with Crippen LogP contribution in [0.25, 0.3) is 0 Å². The SMILES string of the molecule is c1ccc([Si](c2ccccc2)(c2ccccc2)N(c2cocn2)[Si](c2ccccc2)(c2ccccc2)c2ccccc2)cc1.